The molecule has 1 saturated heterocycles. The second kappa shape index (κ2) is 16.5. The van der Waals surface area contributed by atoms with E-state index in [1.54, 1.807) is 19.1 Å². The maximum absolute atomic E-state index is 14.3. The second-order valence-electron chi connectivity index (χ2n) is 17.9. The van der Waals surface area contributed by atoms with Gasteiger partial charge in [-0.05, 0) is 103 Å². The van der Waals surface area contributed by atoms with E-state index in [0.29, 0.717) is 47.4 Å². The van der Waals surface area contributed by atoms with E-state index in [9.17, 15) is 19.8 Å². The summed E-state index contributed by atoms with van der Waals surface area (Å²) in [5, 5.41) is 29.6. The Kier molecular flexibility index (Phi) is 11.8. The van der Waals surface area contributed by atoms with Gasteiger partial charge >= 0.3 is 0 Å². The first kappa shape index (κ1) is 40.2. The zero-order valence-corrected chi connectivity index (χ0v) is 34.2. The van der Waals surface area contributed by atoms with Crippen LogP contribution in [0.4, 0.5) is 5.69 Å². The van der Waals surface area contributed by atoms with Crippen LogP contribution in [0, 0.1) is 35.0 Å². The monoisotopic (exact) mass is 766 g/mol. The van der Waals surface area contributed by atoms with Gasteiger partial charge in [0.2, 0.25) is 5.91 Å². The van der Waals surface area contributed by atoms with E-state index in [-0.39, 0.29) is 36.4 Å². The highest BCUT2D eigenvalue weighted by Gasteiger charge is 2.57. The number of nitrogens with one attached hydrogen (secondary N) is 2. The van der Waals surface area contributed by atoms with Gasteiger partial charge in [0.05, 0.1) is 26.4 Å². The molecule has 8 rings (SSSR count). The van der Waals surface area contributed by atoms with Crippen LogP contribution < -0.4 is 20.3 Å². The van der Waals surface area contributed by atoms with Crippen molar-refractivity contribution in [3.8, 4) is 16.9 Å². The number of para-hydroxylation sites is 1. The molecule has 10 atom stereocenters. The number of carbonyl (C=O) groups excluding carboxylic acids is 2. The fraction of sp³-hybridized carbons (Fsp3) is 0.565. The summed E-state index contributed by atoms with van der Waals surface area (Å²) in [5.74, 6) is 2.09. The highest BCUT2D eigenvalue weighted by Crippen LogP contribution is 2.61. The van der Waals surface area contributed by atoms with E-state index < -0.39 is 24.2 Å². The lowest BCUT2D eigenvalue weighted by Crippen LogP contribution is -2.62. The minimum Gasteiger partial charge on any atom is -0.496 e. The molecule has 10 nitrogen and oxygen atoms in total. The van der Waals surface area contributed by atoms with Gasteiger partial charge in [0, 0.05) is 55.0 Å². The second-order valence-corrected chi connectivity index (χ2v) is 17.9. The van der Waals surface area contributed by atoms with Crippen molar-refractivity contribution in [2.45, 2.75) is 96.6 Å². The molecule has 5 aliphatic rings. The Labute approximate surface area is 332 Å². The predicted octanol–water partition coefficient (Wildman–Crippen LogP) is 6.40. The van der Waals surface area contributed by atoms with Gasteiger partial charge in [0.25, 0.3) is 5.91 Å². The van der Waals surface area contributed by atoms with E-state index in [2.05, 4.69) is 61.7 Å². The third-order valence-electron chi connectivity index (χ3n) is 14.1. The van der Waals surface area contributed by atoms with Crippen LogP contribution in [0.5, 0.6) is 5.75 Å². The molecule has 56 heavy (non-hydrogen) atoms. The van der Waals surface area contributed by atoms with Crippen LogP contribution in [0.3, 0.4) is 0 Å². The van der Waals surface area contributed by atoms with Crippen molar-refractivity contribution < 1.29 is 29.4 Å². The first-order valence-corrected chi connectivity index (χ1v) is 20.6. The van der Waals surface area contributed by atoms with Crippen molar-refractivity contribution in [1.29, 1.82) is 0 Å². The molecular weight excluding hydrogens is 705 g/mol. The number of hydrogen-bond donors (Lipinski definition) is 4. The van der Waals surface area contributed by atoms with Crippen LogP contribution in [-0.4, -0.2) is 85.7 Å². The van der Waals surface area contributed by atoms with Crippen molar-refractivity contribution in [2.75, 3.05) is 39.3 Å². The van der Waals surface area contributed by atoms with Gasteiger partial charge in [0.15, 0.2) is 0 Å². The number of hydrogen-bond acceptors (Lipinski definition) is 8. The first-order chi connectivity index (χ1) is 26.8. The average Bonchev–Trinajstić information content (AvgIpc) is 3.82. The summed E-state index contributed by atoms with van der Waals surface area (Å²) in [6.45, 7) is 9.06. The Hall–Kier alpha value is -3.96. The van der Waals surface area contributed by atoms with Crippen molar-refractivity contribution >= 4 is 17.5 Å². The lowest BCUT2D eigenvalue weighted by atomic mass is 9.45. The molecule has 302 valence electrons. The zero-order chi connectivity index (χ0) is 39.9. The fourth-order valence-electron chi connectivity index (χ4n) is 10.6. The number of amides is 2. The van der Waals surface area contributed by atoms with Crippen LogP contribution in [-0.2, 0) is 16.2 Å². The van der Waals surface area contributed by atoms with Crippen LogP contribution in [0.15, 0.2) is 66.7 Å². The summed E-state index contributed by atoms with van der Waals surface area (Å²) in [6, 6.07) is 21.6. The van der Waals surface area contributed by atoms with Gasteiger partial charge in [-0.2, -0.15) is 5.06 Å². The van der Waals surface area contributed by atoms with Crippen LogP contribution in [0.25, 0.3) is 11.1 Å². The molecule has 10 heteroatoms. The summed E-state index contributed by atoms with van der Waals surface area (Å²) < 4.78 is 6.10. The molecule has 4 N–H and O–H groups in total. The molecule has 4 aliphatic carbocycles. The number of fused-ring (bicyclic) bond motifs is 2. The number of nitrogens with zero attached hydrogens (tertiary/aromatic N) is 2. The number of aliphatic hydroxyl groups excluding tert-OH is 2. The van der Waals surface area contributed by atoms with E-state index in [1.165, 1.54) is 12.0 Å². The molecule has 5 fully saturated rings. The molecular formula is C46H62N4O6. The third-order valence-corrected chi connectivity index (χ3v) is 14.1. The van der Waals surface area contributed by atoms with Gasteiger partial charge in [-0.25, -0.2) is 0 Å². The SMILES string of the molecule is COc1c(CN2O[C@@H](CO)[C@H]([C@H](C)O)[C@H]2C(=O)N[C@H]2C[C@H]3C[C@@H]([C@@H]2C)C3(C)C)cccc1-c1cc(C(=O)NC[C@H]2CC[C@@H](c3ccccc3)C2)cc(N(C)C)c1. The summed E-state index contributed by atoms with van der Waals surface area (Å²) in [4.78, 5) is 36.3. The Balaban J connectivity index is 1.11. The molecule has 3 aromatic rings. The molecule has 2 amide bonds. The molecule has 3 aromatic carbocycles. The molecule has 0 spiro atoms. The molecule has 1 aliphatic heterocycles. The fourth-order valence-corrected chi connectivity index (χ4v) is 10.6. The Morgan fingerprint density at radius 2 is 1.80 bits per heavy atom. The third kappa shape index (κ3) is 7.82. The lowest BCUT2D eigenvalue weighted by Gasteiger charge is -2.62. The van der Waals surface area contributed by atoms with E-state index in [4.69, 9.17) is 9.57 Å². The number of ether oxygens (including phenoxy) is 1. The summed E-state index contributed by atoms with van der Waals surface area (Å²) >= 11 is 0. The van der Waals surface area contributed by atoms with Gasteiger partial charge < -0.3 is 30.5 Å². The normalized spacial score (nSPS) is 30.0. The average molecular weight is 767 g/mol. The molecule has 4 saturated carbocycles. The van der Waals surface area contributed by atoms with Crippen LogP contribution in [0.1, 0.15) is 87.2 Å². The Bertz CT molecular complexity index is 1870. The van der Waals surface area contributed by atoms with Gasteiger partial charge in [-0.1, -0.05) is 69.3 Å². The zero-order valence-electron chi connectivity index (χ0n) is 34.2. The number of methoxy groups -OCH3 is 1. The number of aliphatic hydroxyl groups is 2. The maximum atomic E-state index is 14.3. The lowest BCUT2D eigenvalue weighted by molar-refractivity contribution is -0.183. The summed E-state index contributed by atoms with van der Waals surface area (Å²) in [5.41, 5.74) is 5.51. The topological polar surface area (TPSA) is 124 Å². The largest absolute Gasteiger partial charge is 0.496 e. The van der Waals surface area contributed by atoms with Gasteiger partial charge in [-0.15, -0.1) is 0 Å². The van der Waals surface area contributed by atoms with Gasteiger partial charge in [-0.3, -0.25) is 14.4 Å². The number of anilines is 1. The predicted molar refractivity (Wildman–Crippen MR) is 219 cm³/mol. The van der Waals surface area contributed by atoms with E-state index in [0.717, 1.165) is 48.1 Å². The van der Waals surface area contributed by atoms with Crippen molar-refractivity contribution in [3.63, 3.8) is 0 Å². The summed E-state index contributed by atoms with van der Waals surface area (Å²) in [7, 11) is 5.54. The molecule has 1 heterocycles. The smallest absolute Gasteiger partial charge is 0.251 e. The van der Waals surface area contributed by atoms with E-state index >= 15 is 0 Å². The Morgan fingerprint density at radius 3 is 2.46 bits per heavy atom. The number of benzene rings is 3. The first-order valence-electron chi connectivity index (χ1n) is 20.6. The maximum Gasteiger partial charge on any atom is 0.251 e. The molecule has 2 bridgehead atoms. The minimum absolute atomic E-state index is 0.0431. The van der Waals surface area contributed by atoms with Crippen molar-refractivity contribution in [1.82, 2.24) is 15.7 Å². The highest BCUT2D eigenvalue weighted by atomic mass is 16.7. The van der Waals surface area contributed by atoms with Crippen molar-refractivity contribution in [3.05, 3.63) is 83.4 Å². The highest BCUT2D eigenvalue weighted by molar-refractivity contribution is 5.97. The van der Waals surface area contributed by atoms with E-state index in [1.807, 2.05) is 55.4 Å². The minimum atomic E-state index is -0.894. The van der Waals surface area contributed by atoms with Crippen LogP contribution in [0.2, 0.25) is 0 Å². The molecule has 0 unspecified atom stereocenters. The number of hydroxylamine groups is 2. The van der Waals surface area contributed by atoms with Crippen molar-refractivity contribution in [2.24, 2.45) is 35.0 Å². The van der Waals surface area contributed by atoms with Crippen LogP contribution >= 0.6 is 0 Å². The quantitative estimate of drug-likeness (QED) is 0.158. The number of rotatable bonds is 13. The summed E-state index contributed by atoms with van der Waals surface area (Å²) in [6.07, 6.45) is 3.79. The molecule has 0 aromatic heterocycles. The Morgan fingerprint density at radius 1 is 1.04 bits per heavy atom. The van der Waals surface area contributed by atoms with Gasteiger partial charge in [0.1, 0.15) is 17.9 Å². The molecule has 0 radical (unpaired) electrons. The number of carbonyl (C=O) groups is 2. The standard InChI is InChI=1S/C46H62N4O6/c1-27-38-22-35(46(38,3)4)23-39(27)48-45(54)42-41(28(2)52)40(26-51)56-50(42)25-32-14-11-15-37(43(32)55-7)33-19-34(21-36(20-33)49(5)6)44(53)47-24-29-16-17-31(18-29)30-12-9-8-10-13-30/h8-15,19-21,27-29,31,35,38-42,51-52H,16-18,22-26H2,1-7H3,(H,47,53)(H,48,54)/t27-,28-,29-,31+,35+,38-,39-,40-,41-,42-/m0/s1.